The Balaban J connectivity index is 2.89. The van der Waals surface area contributed by atoms with Crippen LogP contribution in [-0.2, 0) is 4.79 Å². The number of nitrogens with two attached hydrogens (primary N) is 1. The van der Waals surface area contributed by atoms with Crippen LogP contribution in [0.5, 0.6) is 5.75 Å². The first-order valence-electron chi connectivity index (χ1n) is 5.69. The lowest BCUT2D eigenvalue weighted by atomic mass is 10.1. The molecule has 0 bridgehead atoms. The number of hydrazine groups is 1. The molecule has 0 aromatic heterocycles. The molecule has 0 aliphatic heterocycles. The van der Waals surface area contributed by atoms with Crippen molar-refractivity contribution in [1.82, 2.24) is 5.43 Å². The minimum absolute atomic E-state index is 0.0550. The third-order valence-electron chi connectivity index (χ3n) is 2.46. The Kier molecular flexibility index (Phi) is 4.52. The first kappa shape index (κ1) is 13.5. The van der Waals surface area contributed by atoms with Gasteiger partial charge < -0.3 is 4.74 Å². The Labute approximate surface area is 102 Å². The monoisotopic (exact) mass is 236 g/mol. The number of hydrogen-bond acceptors (Lipinski definition) is 3. The summed E-state index contributed by atoms with van der Waals surface area (Å²) in [6.45, 7) is 7.83. The fraction of sp³-hybridized carbons (Fsp3) is 0.462. The first-order valence-corrected chi connectivity index (χ1v) is 5.69. The molecule has 4 heteroatoms. The maximum atomic E-state index is 11.6. The highest BCUT2D eigenvalue weighted by molar-refractivity contribution is 5.80. The molecule has 0 spiro atoms. The van der Waals surface area contributed by atoms with Gasteiger partial charge in [0.25, 0.3) is 5.91 Å². The van der Waals surface area contributed by atoms with Crippen molar-refractivity contribution >= 4 is 5.91 Å². The zero-order valence-electron chi connectivity index (χ0n) is 10.8. The highest BCUT2D eigenvalue weighted by Gasteiger charge is 2.23. The fourth-order valence-electron chi connectivity index (χ4n) is 1.72. The minimum atomic E-state index is -0.568. The first-order chi connectivity index (χ1) is 7.93. The number of nitrogens with one attached hydrogen (secondary N) is 1. The summed E-state index contributed by atoms with van der Waals surface area (Å²) >= 11 is 0. The van der Waals surface area contributed by atoms with E-state index in [0.717, 1.165) is 11.1 Å². The van der Waals surface area contributed by atoms with Gasteiger partial charge in [-0.05, 0) is 43.0 Å². The Bertz CT molecular complexity index is 382. The molecule has 0 heterocycles. The normalized spacial score (nSPS) is 12.4. The Morgan fingerprint density at radius 1 is 1.24 bits per heavy atom. The molecule has 1 aromatic rings. The third-order valence-corrected chi connectivity index (χ3v) is 2.46. The molecule has 0 radical (unpaired) electrons. The molecular weight excluding hydrogens is 216 g/mol. The highest BCUT2D eigenvalue weighted by Crippen LogP contribution is 2.19. The van der Waals surface area contributed by atoms with E-state index >= 15 is 0 Å². The van der Waals surface area contributed by atoms with Crippen LogP contribution < -0.4 is 16.0 Å². The fourth-order valence-corrected chi connectivity index (χ4v) is 1.72. The number of benzene rings is 1. The van der Waals surface area contributed by atoms with E-state index in [9.17, 15) is 4.79 Å². The molecule has 94 valence electrons. The number of rotatable bonds is 4. The minimum Gasteiger partial charge on any atom is -0.480 e. The van der Waals surface area contributed by atoms with Gasteiger partial charge in [0, 0.05) is 0 Å². The second-order valence-corrected chi connectivity index (χ2v) is 4.61. The zero-order valence-corrected chi connectivity index (χ0v) is 10.8. The van der Waals surface area contributed by atoms with Crippen LogP contribution in [-0.4, -0.2) is 12.0 Å². The molecule has 1 unspecified atom stereocenters. The van der Waals surface area contributed by atoms with Gasteiger partial charge in [-0.2, -0.15) is 0 Å². The Morgan fingerprint density at radius 3 is 2.18 bits per heavy atom. The van der Waals surface area contributed by atoms with E-state index in [4.69, 9.17) is 10.6 Å². The van der Waals surface area contributed by atoms with Gasteiger partial charge in [0.2, 0.25) is 0 Å². The maximum absolute atomic E-state index is 11.6. The van der Waals surface area contributed by atoms with Crippen molar-refractivity contribution in [1.29, 1.82) is 0 Å². The lowest BCUT2D eigenvalue weighted by Crippen LogP contribution is -2.44. The largest absolute Gasteiger partial charge is 0.480 e. The summed E-state index contributed by atoms with van der Waals surface area (Å²) in [5, 5.41) is 0. The van der Waals surface area contributed by atoms with Gasteiger partial charge in [-0.25, -0.2) is 5.84 Å². The maximum Gasteiger partial charge on any atom is 0.275 e. The van der Waals surface area contributed by atoms with Gasteiger partial charge in [-0.3, -0.25) is 10.2 Å². The van der Waals surface area contributed by atoms with Crippen LogP contribution in [0.3, 0.4) is 0 Å². The number of aryl methyl sites for hydroxylation is 2. The molecule has 0 fully saturated rings. The molecule has 0 aliphatic carbocycles. The Morgan fingerprint density at radius 2 is 1.76 bits per heavy atom. The highest BCUT2D eigenvalue weighted by atomic mass is 16.5. The summed E-state index contributed by atoms with van der Waals surface area (Å²) in [7, 11) is 0. The average Bonchev–Trinajstić information content (AvgIpc) is 2.23. The average molecular weight is 236 g/mol. The van der Waals surface area contributed by atoms with Gasteiger partial charge in [0.1, 0.15) is 5.75 Å². The van der Waals surface area contributed by atoms with Gasteiger partial charge in [-0.15, -0.1) is 0 Å². The predicted octanol–water partition coefficient (Wildman–Crippen LogP) is 1.70. The number of hydrogen-bond donors (Lipinski definition) is 2. The van der Waals surface area contributed by atoms with Crippen molar-refractivity contribution in [3.8, 4) is 5.75 Å². The third kappa shape index (κ3) is 3.75. The van der Waals surface area contributed by atoms with Crippen molar-refractivity contribution in [2.75, 3.05) is 0 Å². The number of ether oxygens (including phenoxy) is 1. The van der Waals surface area contributed by atoms with E-state index in [1.165, 1.54) is 0 Å². The zero-order chi connectivity index (χ0) is 13.0. The summed E-state index contributed by atoms with van der Waals surface area (Å²) in [5.41, 5.74) is 4.35. The van der Waals surface area contributed by atoms with E-state index < -0.39 is 6.10 Å². The van der Waals surface area contributed by atoms with Crippen LogP contribution in [0.15, 0.2) is 18.2 Å². The van der Waals surface area contributed by atoms with Crippen molar-refractivity contribution in [3.63, 3.8) is 0 Å². The topological polar surface area (TPSA) is 64.3 Å². The van der Waals surface area contributed by atoms with Gasteiger partial charge in [-0.1, -0.05) is 19.9 Å². The van der Waals surface area contributed by atoms with E-state index in [2.05, 4.69) is 11.5 Å². The molecule has 0 saturated carbocycles. The quantitative estimate of drug-likeness (QED) is 0.475. The summed E-state index contributed by atoms with van der Waals surface area (Å²) in [6.07, 6.45) is -0.568. The molecular formula is C13H20N2O2. The molecule has 4 nitrogen and oxygen atoms in total. The van der Waals surface area contributed by atoms with E-state index in [0.29, 0.717) is 5.75 Å². The molecule has 0 aliphatic rings. The SMILES string of the molecule is Cc1cc(C)cc(OC(C(=O)NN)C(C)C)c1. The summed E-state index contributed by atoms with van der Waals surface area (Å²) in [5.74, 6) is 5.59. The van der Waals surface area contributed by atoms with Crippen molar-refractivity contribution in [2.45, 2.75) is 33.8 Å². The molecule has 1 amide bonds. The number of carbonyl (C=O) groups is 1. The predicted molar refractivity (Wildman–Crippen MR) is 67.5 cm³/mol. The van der Waals surface area contributed by atoms with Crippen molar-refractivity contribution in [3.05, 3.63) is 29.3 Å². The lowest BCUT2D eigenvalue weighted by molar-refractivity contribution is -0.129. The van der Waals surface area contributed by atoms with E-state index in [1.54, 1.807) is 0 Å². The van der Waals surface area contributed by atoms with E-state index in [1.807, 2.05) is 39.8 Å². The molecule has 1 rings (SSSR count). The van der Waals surface area contributed by atoms with Crippen LogP contribution in [0.2, 0.25) is 0 Å². The van der Waals surface area contributed by atoms with Gasteiger partial charge in [0.15, 0.2) is 6.10 Å². The van der Waals surface area contributed by atoms with Crippen molar-refractivity contribution in [2.24, 2.45) is 11.8 Å². The van der Waals surface area contributed by atoms with Crippen LogP contribution in [0, 0.1) is 19.8 Å². The van der Waals surface area contributed by atoms with E-state index in [-0.39, 0.29) is 11.8 Å². The Hall–Kier alpha value is -1.55. The summed E-state index contributed by atoms with van der Waals surface area (Å²) in [4.78, 5) is 11.6. The van der Waals surface area contributed by atoms with Gasteiger partial charge >= 0.3 is 0 Å². The lowest BCUT2D eigenvalue weighted by Gasteiger charge is -2.21. The second kappa shape index (κ2) is 5.68. The van der Waals surface area contributed by atoms with Crippen LogP contribution in [0.1, 0.15) is 25.0 Å². The van der Waals surface area contributed by atoms with Crippen LogP contribution >= 0.6 is 0 Å². The molecule has 1 atom stereocenters. The van der Waals surface area contributed by atoms with Crippen LogP contribution in [0.25, 0.3) is 0 Å². The molecule has 1 aromatic carbocycles. The second-order valence-electron chi connectivity index (χ2n) is 4.61. The standard InChI is InChI=1S/C13H20N2O2/c1-8(2)12(13(16)15-14)17-11-6-9(3)5-10(4)7-11/h5-8,12H,14H2,1-4H3,(H,15,16). The molecule has 3 N–H and O–H groups in total. The summed E-state index contributed by atoms with van der Waals surface area (Å²) < 4.78 is 5.70. The number of carbonyl (C=O) groups excluding carboxylic acids is 1. The van der Waals surface area contributed by atoms with Crippen molar-refractivity contribution < 1.29 is 9.53 Å². The molecule has 0 saturated heterocycles. The number of amides is 1. The molecule has 17 heavy (non-hydrogen) atoms. The summed E-state index contributed by atoms with van der Waals surface area (Å²) in [6, 6.07) is 5.87. The smallest absolute Gasteiger partial charge is 0.275 e. The van der Waals surface area contributed by atoms with Gasteiger partial charge in [0.05, 0.1) is 0 Å². The van der Waals surface area contributed by atoms with Crippen LogP contribution in [0.4, 0.5) is 0 Å².